The van der Waals surface area contributed by atoms with Gasteiger partial charge in [-0.25, -0.2) is 0 Å². The lowest BCUT2D eigenvalue weighted by Crippen LogP contribution is -2.04. The average Bonchev–Trinajstić information content (AvgIpc) is 2.61. The molecule has 0 heterocycles. The molecule has 128 valence electrons. The number of nitro benzene ring substituents is 2. The van der Waals surface area contributed by atoms with E-state index in [1.165, 1.54) is 12.1 Å². The fourth-order valence-electron chi connectivity index (χ4n) is 2.32. The van der Waals surface area contributed by atoms with Gasteiger partial charge >= 0.3 is 0 Å². The van der Waals surface area contributed by atoms with Gasteiger partial charge in [-0.2, -0.15) is 0 Å². The summed E-state index contributed by atoms with van der Waals surface area (Å²) in [6.07, 6.45) is 0. The average molecular weight is 340 g/mol. The van der Waals surface area contributed by atoms with Gasteiger partial charge in [0.15, 0.2) is 0 Å². The molecule has 0 saturated heterocycles. The van der Waals surface area contributed by atoms with Gasteiger partial charge in [0.25, 0.3) is 11.4 Å². The SMILES string of the molecule is C=C(COCC(=C)c1ccccc1[N+](=O)[O-])c1ccccc1[N+](=O)[O-]. The number of ether oxygens (including phenoxy) is 1. The third kappa shape index (κ3) is 4.36. The lowest BCUT2D eigenvalue weighted by atomic mass is 10.1. The Bertz CT molecular complexity index is 775. The van der Waals surface area contributed by atoms with E-state index >= 15 is 0 Å². The van der Waals surface area contributed by atoms with Crippen LogP contribution in [0.4, 0.5) is 11.4 Å². The summed E-state index contributed by atoms with van der Waals surface area (Å²) in [5.74, 6) is 0. The van der Waals surface area contributed by atoms with Crippen LogP contribution in [-0.4, -0.2) is 23.1 Å². The molecule has 0 unspecified atom stereocenters. The molecule has 25 heavy (non-hydrogen) atoms. The molecule has 0 amide bonds. The van der Waals surface area contributed by atoms with E-state index in [1.807, 2.05) is 0 Å². The fourth-order valence-corrected chi connectivity index (χ4v) is 2.32. The first kappa shape index (κ1) is 18.0. The number of rotatable bonds is 8. The molecular weight excluding hydrogens is 324 g/mol. The lowest BCUT2D eigenvalue weighted by molar-refractivity contribution is -0.385. The highest BCUT2D eigenvalue weighted by Gasteiger charge is 2.17. The predicted molar refractivity (Wildman–Crippen MR) is 95.1 cm³/mol. The lowest BCUT2D eigenvalue weighted by Gasteiger charge is -2.10. The molecule has 0 N–H and O–H groups in total. The van der Waals surface area contributed by atoms with Crippen LogP contribution >= 0.6 is 0 Å². The standard InChI is InChI=1S/C18H16N2O5/c1-13(15-7-3-5-9-17(15)19(21)22)11-25-12-14(2)16-8-4-6-10-18(16)20(23)24/h3-10H,1-2,11-12H2. The van der Waals surface area contributed by atoms with E-state index in [0.29, 0.717) is 22.3 Å². The van der Waals surface area contributed by atoms with Gasteiger partial charge in [0.1, 0.15) is 0 Å². The van der Waals surface area contributed by atoms with E-state index in [1.54, 1.807) is 36.4 Å². The van der Waals surface area contributed by atoms with Gasteiger partial charge in [-0.1, -0.05) is 37.4 Å². The van der Waals surface area contributed by atoms with Gasteiger partial charge in [-0.3, -0.25) is 20.2 Å². The molecule has 0 saturated carbocycles. The summed E-state index contributed by atoms with van der Waals surface area (Å²) in [4.78, 5) is 21.1. The van der Waals surface area contributed by atoms with Crippen LogP contribution in [0, 0.1) is 20.2 Å². The highest BCUT2D eigenvalue weighted by molar-refractivity contribution is 5.73. The Balaban J connectivity index is 2.02. The van der Waals surface area contributed by atoms with Crippen LogP contribution in [0.1, 0.15) is 11.1 Å². The van der Waals surface area contributed by atoms with E-state index < -0.39 is 9.85 Å². The minimum atomic E-state index is -0.479. The molecule has 0 aliphatic rings. The molecule has 0 spiro atoms. The summed E-state index contributed by atoms with van der Waals surface area (Å²) in [7, 11) is 0. The first-order valence-corrected chi connectivity index (χ1v) is 7.32. The van der Waals surface area contributed by atoms with E-state index in [4.69, 9.17) is 4.74 Å². The van der Waals surface area contributed by atoms with Crippen LogP contribution in [0.5, 0.6) is 0 Å². The largest absolute Gasteiger partial charge is 0.372 e. The Morgan fingerprint density at radius 2 is 1.16 bits per heavy atom. The van der Waals surface area contributed by atoms with Crippen molar-refractivity contribution in [1.29, 1.82) is 0 Å². The van der Waals surface area contributed by atoms with E-state index in [2.05, 4.69) is 13.2 Å². The number of hydrogen-bond acceptors (Lipinski definition) is 5. The second kappa shape index (κ2) is 7.98. The summed E-state index contributed by atoms with van der Waals surface area (Å²) in [6.45, 7) is 7.72. The Labute approximate surface area is 144 Å². The van der Waals surface area contributed by atoms with Crippen molar-refractivity contribution < 1.29 is 14.6 Å². The van der Waals surface area contributed by atoms with Crippen LogP contribution < -0.4 is 0 Å². The van der Waals surface area contributed by atoms with Crippen LogP contribution in [0.25, 0.3) is 11.1 Å². The summed E-state index contributed by atoms with van der Waals surface area (Å²) >= 11 is 0. The molecule has 2 aromatic carbocycles. The van der Waals surface area contributed by atoms with Crippen LogP contribution in [0.15, 0.2) is 61.7 Å². The molecule has 0 atom stereocenters. The topological polar surface area (TPSA) is 95.5 Å². The van der Waals surface area contributed by atoms with Gasteiger partial charge in [-0.05, 0) is 23.3 Å². The molecular formula is C18H16N2O5. The zero-order valence-corrected chi connectivity index (χ0v) is 13.4. The van der Waals surface area contributed by atoms with Crippen molar-refractivity contribution in [2.24, 2.45) is 0 Å². The van der Waals surface area contributed by atoms with Crippen molar-refractivity contribution in [2.45, 2.75) is 0 Å². The first-order chi connectivity index (χ1) is 11.9. The highest BCUT2D eigenvalue weighted by Crippen LogP contribution is 2.27. The zero-order valence-electron chi connectivity index (χ0n) is 13.4. The quantitative estimate of drug-likeness (QED) is 0.529. The Kier molecular flexibility index (Phi) is 5.75. The number of hydrogen-bond donors (Lipinski definition) is 0. The van der Waals surface area contributed by atoms with Gasteiger partial charge in [-0.15, -0.1) is 0 Å². The van der Waals surface area contributed by atoms with Gasteiger partial charge in [0.05, 0.1) is 34.2 Å². The van der Waals surface area contributed by atoms with Crippen molar-refractivity contribution >= 4 is 22.5 Å². The molecule has 2 rings (SSSR count). The van der Waals surface area contributed by atoms with Gasteiger partial charge in [0.2, 0.25) is 0 Å². The fraction of sp³-hybridized carbons (Fsp3) is 0.111. The van der Waals surface area contributed by atoms with Crippen molar-refractivity contribution in [1.82, 2.24) is 0 Å². The molecule has 0 aromatic heterocycles. The third-order valence-corrected chi connectivity index (χ3v) is 3.52. The normalized spacial score (nSPS) is 10.2. The molecule has 2 aromatic rings. The highest BCUT2D eigenvalue weighted by atomic mass is 16.6. The van der Waals surface area contributed by atoms with Gasteiger partial charge in [0, 0.05) is 12.1 Å². The molecule has 7 nitrogen and oxygen atoms in total. The summed E-state index contributed by atoms with van der Waals surface area (Å²) in [5.41, 5.74) is 1.58. The second-order valence-electron chi connectivity index (χ2n) is 5.25. The number of benzene rings is 2. The molecule has 7 heteroatoms. The molecule has 0 aliphatic carbocycles. The maximum Gasteiger partial charge on any atom is 0.276 e. The third-order valence-electron chi connectivity index (χ3n) is 3.52. The summed E-state index contributed by atoms with van der Waals surface area (Å²) in [6, 6.07) is 12.5. The minimum Gasteiger partial charge on any atom is -0.372 e. The van der Waals surface area contributed by atoms with E-state index in [-0.39, 0.29) is 24.6 Å². The second-order valence-corrected chi connectivity index (χ2v) is 5.25. The van der Waals surface area contributed by atoms with E-state index in [9.17, 15) is 20.2 Å². The maximum absolute atomic E-state index is 11.0. The summed E-state index contributed by atoms with van der Waals surface area (Å²) in [5, 5.41) is 22.1. The molecule has 0 aliphatic heterocycles. The summed E-state index contributed by atoms with van der Waals surface area (Å²) < 4.78 is 5.49. The minimum absolute atomic E-state index is 0.0461. The van der Waals surface area contributed by atoms with E-state index in [0.717, 1.165) is 0 Å². The number of nitrogens with zero attached hydrogens (tertiary/aromatic N) is 2. The number of para-hydroxylation sites is 2. The van der Waals surface area contributed by atoms with Crippen molar-refractivity contribution in [2.75, 3.05) is 13.2 Å². The Hall–Kier alpha value is -3.32. The monoisotopic (exact) mass is 340 g/mol. The smallest absolute Gasteiger partial charge is 0.276 e. The van der Waals surface area contributed by atoms with Crippen molar-refractivity contribution in [3.8, 4) is 0 Å². The Morgan fingerprint density at radius 3 is 1.52 bits per heavy atom. The Morgan fingerprint density at radius 1 is 0.800 bits per heavy atom. The van der Waals surface area contributed by atoms with Crippen LogP contribution in [0.2, 0.25) is 0 Å². The molecule has 0 radical (unpaired) electrons. The van der Waals surface area contributed by atoms with Crippen LogP contribution in [0.3, 0.4) is 0 Å². The molecule has 0 fully saturated rings. The van der Waals surface area contributed by atoms with Crippen LogP contribution in [-0.2, 0) is 4.74 Å². The zero-order chi connectivity index (χ0) is 18.4. The maximum atomic E-state index is 11.0. The molecule has 0 bridgehead atoms. The van der Waals surface area contributed by atoms with Crippen molar-refractivity contribution in [3.63, 3.8) is 0 Å². The first-order valence-electron chi connectivity index (χ1n) is 7.32. The predicted octanol–water partition coefficient (Wildman–Crippen LogP) is 4.25. The van der Waals surface area contributed by atoms with Gasteiger partial charge < -0.3 is 4.74 Å². The number of nitro groups is 2. The van der Waals surface area contributed by atoms with Crippen molar-refractivity contribution in [3.05, 3.63) is 93.0 Å².